The third-order valence-electron chi connectivity index (χ3n) is 3.95. The van der Waals surface area contributed by atoms with Crippen LogP contribution in [0.15, 0.2) is 50.4 Å². The van der Waals surface area contributed by atoms with Gasteiger partial charge in [0.1, 0.15) is 4.70 Å². The predicted molar refractivity (Wildman–Crippen MR) is 127 cm³/mol. The van der Waals surface area contributed by atoms with Crippen LogP contribution in [-0.2, 0) is 16.0 Å². The number of anilines is 1. The Hall–Kier alpha value is -0.880. The van der Waals surface area contributed by atoms with Crippen molar-refractivity contribution in [3.05, 3.63) is 56.3 Å². The van der Waals surface area contributed by atoms with Crippen molar-refractivity contribution in [2.45, 2.75) is 17.0 Å². The number of hydrogen-bond donors (Lipinski definition) is 0. The Bertz CT molecular complexity index is 1200. The van der Waals surface area contributed by atoms with E-state index in [4.69, 9.17) is 11.6 Å². The zero-order valence-corrected chi connectivity index (χ0v) is 20.8. The highest BCUT2D eigenvalue weighted by Gasteiger charge is 2.29. The highest BCUT2D eigenvalue weighted by molar-refractivity contribution is 9.11. The van der Waals surface area contributed by atoms with Gasteiger partial charge in [-0.05, 0) is 41.1 Å². The summed E-state index contributed by atoms with van der Waals surface area (Å²) in [7, 11) is -4.45. The van der Waals surface area contributed by atoms with Gasteiger partial charge in [0.05, 0.1) is 24.8 Å². The first-order valence-corrected chi connectivity index (χ1v) is 13.5. The Morgan fingerprint density at radius 2 is 2.03 bits per heavy atom. The maximum atomic E-state index is 11.5. The van der Waals surface area contributed by atoms with Gasteiger partial charge in [0.15, 0.2) is 10.1 Å². The number of aromatic nitrogens is 1. The smallest absolute Gasteiger partial charge is 0.266 e. The van der Waals surface area contributed by atoms with Gasteiger partial charge in [-0.2, -0.15) is 4.57 Å². The van der Waals surface area contributed by atoms with Crippen molar-refractivity contribution in [3.8, 4) is 0 Å². The van der Waals surface area contributed by atoms with E-state index in [1.165, 1.54) is 20.1 Å². The van der Waals surface area contributed by atoms with E-state index in [1.54, 1.807) is 35.2 Å². The molecular formula is C18H16BrClN2O3S4. The first-order valence-electron chi connectivity index (χ1n) is 8.27. The van der Waals surface area contributed by atoms with Crippen LogP contribution in [0.1, 0.15) is 11.9 Å². The maximum Gasteiger partial charge on any atom is 0.266 e. The lowest BCUT2D eigenvalue weighted by molar-refractivity contribution is -0.649. The Morgan fingerprint density at radius 1 is 1.31 bits per heavy atom. The summed E-state index contributed by atoms with van der Waals surface area (Å²) >= 11 is 14.3. The van der Waals surface area contributed by atoms with Crippen LogP contribution in [0.2, 0.25) is 5.02 Å². The van der Waals surface area contributed by atoms with Crippen molar-refractivity contribution in [2.75, 3.05) is 11.4 Å². The van der Waals surface area contributed by atoms with E-state index in [0.29, 0.717) is 15.5 Å². The van der Waals surface area contributed by atoms with Gasteiger partial charge in [0.25, 0.3) is 5.01 Å². The lowest BCUT2D eigenvalue weighted by atomic mass is 10.3. The molecule has 0 amide bonds. The Labute approximate surface area is 195 Å². The summed E-state index contributed by atoms with van der Waals surface area (Å²) in [5.74, 6) is -0.628. The first kappa shape index (κ1) is 22.8. The van der Waals surface area contributed by atoms with Crippen LogP contribution in [0, 0.1) is 0 Å². The molecular weight excluding hydrogens is 536 g/mol. The van der Waals surface area contributed by atoms with Gasteiger partial charge in [-0.1, -0.05) is 34.7 Å². The van der Waals surface area contributed by atoms with Gasteiger partial charge in [0.2, 0.25) is 11.4 Å². The molecule has 0 spiro atoms. The number of benzene rings is 1. The molecule has 4 rings (SSSR count). The lowest BCUT2D eigenvalue weighted by Crippen LogP contribution is -2.39. The molecule has 0 fully saturated rings. The van der Waals surface area contributed by atoms with Crippen LogP contribution in [0.25, 0.3) is 16.3 Å². The third-order valence-corrected chi connectivity index (χ3v) is 8.73. The van der Waals surface area contributed by atoms with E-state index in [-0.39, 0.29) is 0 Å². The van der Waals surface area contributed by atoms with Crippen molar-refractivity contribution < 1.29 is 17.5 Å². The molecule has 0 unspecified atom stereocenters. The fourth-order valence-corrected chi connectivity index (χ4v) is 8.18. The number of fused-ring (bicyclic) bond motifs is 2. The molecule has 0 N–H and O–H groups in total. The molecule has 2 aromatic heterocycles. The molecule has 0 atom stereocenters. The summed E-state index contributed by atoms with van der Waals surface area (Å²) in [5.41, 5.74) is 1.78. The number of halogens is 2. The Morgan fingerprint density at radius 3 is 2.69 bits per heavy atom. The fourth-order valence-electron chi connectivity index (χ4n) is 2.88. The minimum Gasteiger partial charge on any atom is -0.743 e. The quantitative estimate of drug-likeness (QED) is 0.229. The molecule has 0 saturated heterocycles. The first-order chi connectivity index (χ1) is 13.7. The number of thiophene rings is 1. The Balaban J connectivity index is 0.00000117. The van der Waals surface area contributed by atoms with Crippen molar-refractivity contribution in [2.24, 2.45) is 0 Å². The summed E-state index contributed by atoms with van der Waals surface area (Å²) in [6.07, 6.45) is 1.94. The molecule has 1 aliphatic heterocycles. The van der Waals surface area contributed by atoms with Crippen LogP contribution >= 0.6 is 62.0 Å². The van der Waals surface area contributed by atoms with Crippen LogP contribution in [0.5, 0.6) is 0 Å². The molecule has 3 heterocycles. The van der Waals surface area contributed by atoms with Crippen LogP contribution < -0.4 is 9.47 Å². The van der Waals surface area contributed by atoms with E-state index >= 15 is 0 Å². The largest absolute Gasteiger partial charge is 0.743 e. The highest BCUT2D eigenvalue weighted by atomic mass is 79.9. The number of nitrogens with zero attached hydrogens (tertiary/aromatic N) is 2. The number of thiazole rings is 1. The number of hydrogen-bond acceptors (Lipinski definition) is 7. The highest BCUT2D eigenvalue weighted by Crippen LogP contribution is 2.52. The second-order valence-electron chi connectivity index (χ2n) is 5.72. The molecule has 0 saturated carbocycles. The van der Waals surface area contributed by atoms with Gasteiger partial charge < -0.3 is 9.45 Å². The minimum absolute atomic E-state index is 0.494. The second-order valence-corrected chi connectivity index (χ2v) is 12.3. The van der Waals surface area contributed by atoms with Crippen LogP contribution in [0.4, 0.5) is 5.69 Å². The maximum absolute atomic E-state index is 11.5. The summed E-state index contributed by atoms with van der Waals surface area (Å²) < 4.78 is 39.1. The van der Waals surface area contributed by atoms with Gasteiger partial charge in [-0.25, -0.2) is 8.42 Å². The number of rotatable bonds is 4. The minimum atomic E-state index is -4.45. The molecule has 1 aliphatic rings. The van der Waals surface area contributed by atoms with Crippen LogP contribution in [-0.4, -0.2) is 19.5 Å². The third kappa shape index (κ3) is 4.90. The summed E-state index contributed by atoms with van der Waals surface area (Å²) in [6, 6.07) is 7.36. The summed E-state index contributed by atoms with van der Waals surface area (Å²) in [5, 5.41) is 2.19. The predicted octanol–water partition coefficient (Wildman–Crippen LogP) is 5.90. The van der Waals surface area contributed by atoms with E-state index in [9.17, 15) is 13.0 Å². The molecule has 1 aromatic carbocycles. The average molecular weight is 552 g/mol. The summed E-state index contributed by atoms with van der Waals surface area (Å²) in [6.45, 7) is 8.85. The topological polar surface area (TPSA) is 64.3 Å². The van der Waals surface area contributed by atoms with Crippen LogP contribution in [0.3, 0.4) is 0 Å². The molecule has 0 bridgehead atoms. The van der Waals surface area contributed by atoms with Gasteiger partial charge in [-0.15, -0.1) is 24.5 Å². The van der Waals surface area contributed by atoms with E-state index in [2.05, 4.69) is 47.0 Å². The molecule has 0 radical (unpaired) electrons. The molecule has 154 valence electrons. The average Bonchev–Trinajstić information content (AvgIpc) is 3.26. The van der Waals surface area contributed by atoms with Crippen molar-refractivity contribution in [1.82, 2.24) is 0 Å². The SMILES string of the molecule is C=C.CCN1C(=Cc2sc3ccc(Cl)cc3[n+]2CS(=O)(=O)[O-])Sc2sc(Br)cc21. The van der Waals surface area contributed by atoms with E-state index in [1.807, 2.05) is 12.1 Å². The standard InChI is InChI=1S/C16H12BrClN2O3S4.C2H4/c1-2-19-11-6-13(17)25-16(11)26-14(19)7-15-20(8-27(21,22)23)10-5-9(18)3-4-12(10)24-15;1-2/h3-7H,2,8H2,1H3;1-2H2. The van der Waals surface area contributed by atoms with Gasteiger partial charge in [0, 0.05) is 17.6 Å². The zero-order valence-electron chi connectivity index (χ0n) is 15.2. The van der Waals surface area contributed by atoms with Crippen molar-refractivity contribution in [1.29, 1.82) is 0 Å². The van der Waals surface area contributed by atoms with Gasteiger partial charge in [-0.3, -0.25) is 0 Å². The van der Waals surface area contributed by atoms with Gasteiger partial charge >= 0.3 is 0 Å². The van der Waals surface area contributed by atoms with Crippen molar-refractivity contribution in [3.63, 3.8) is 0 Å². The monoisotopic (exact) mass is 550 g/mol. The second kappa shape index (κ2) is 9.09. The molecule has 5 nitrogen and oxygen atoms in total. The van der Waals surface area contributed by atoms with E-state index in [0.717, 1.165) is 25.7 Å². The van der Waals surface area contributed by atoms with E-state index < -0.39 is 16.0 Å². The normalized spacial score (nSPS) is 14.9. The van der Waals surface area contributed by atoms with Crippen molar-refractivity contribution >= 4 is 94.1 Å². The summed E-state index contributed by atoms with van der Waals surface area (Å²) in [4.78, 5) is 2.18. The molecule has 3 aromatic rings. The Kier molecular flexibility index (Phi) is 7.14. The lowest BCUT2D eigenvalue weighted by Gasteiger charge is -2.16. The molecule has 11 heteroatoms. The fraction of sp³-hybridized carbons (Fsp3) is 0.167. The number of thioether (sulfide) groups is 1. The zero-order chi connectivity index (χ0) is 21.3. The molecule has 0 aliphatic carbocycles. The molecule has 29 heavy (non-hydrogen) atoms.